The number of hydrogen-bond acceptors (Lipinski definition) is 7. The van der Waals surface area contributed by atoms with Gasteiger partial charge in [0.25, 0.3) is 0 Å². The van der Waals surface area contributed by atoms with E-state index in [1.807, 2.05) is 24.3 Å². The number of aromatic amines is 1. The van der Waals surface area contributed by atoms with E-state index in [1.165, 1.54) is 0 Å². The van der Waals surface area contributed by atoms with Gasteiger partial charge in [-0.25, -0.2) is 9.59 Å². The Labute approximate surface area is 208 Å². The standard InChI is InChI=1S/C24H31ClN4O6/c1-13(2)33-22(31)20(18-11-19(25)29-35-18)28-21(30)17(27-23(32)34-24(3,4)5)10-14-12-26-16-9-7-6-8-15(14)16/h6-9,12-13,17-18,20,26H,10-11H2,1-5H3,(H,27,32)(H,28,30). The van der Waals surface area contributed by atoms with E-state index < -0.39 is 47.9 Å². The van der Waals surface area contributed by atoms with Crippen molar-refractivity contribution in [2.75, 3.05) is 0 Å². The largest absolute Gasteiger partial charge is 0.461 e. The molecule has 1 aliphatic heterocycles. The Hall–Kier alpha value is -3.27. The van der Waals surface area contributed by atoms with Gasteiger partial charge in [0.2, 0.25) is 5.91 Å². The van der Waals surface area contributed by atoms with Crippen LogP contribution in [-0.4, -0.2) is 58.0 Å². The molecule has 0 aliphatic carbocycles. The fourth-order valence-electron chi connectivity index (χ4n) is 3.59. The zero-order valence-electron chi connectivity index (χ0n) is 20.4. The summed E-state index contributed by atoms with van der Waals surface area (Å²) in [5.74, 6) is -1.30. The Balaban J connectivity index is 1.84. The first-order valence-electron chi connectivity index (χ1n) is 11.4. The number of esters is 1. The number of amides is 2. The summed E-state index contributed by atoms with van der Waals surface area (Å²) in [6, 6.07) is 5.36. The molecule has 11 heteroatoms. The van der Waals surface area contributed by atoms with Crippen molar-refractivity contribution in [2.24, 2.45) is 5.16 Å². The average Bonchev–Trinajstić information content (AvgIpc) is 3.35. The van der Waals surface area contributed by atoms with Crippen LogP contribution >= 0.6 is 11.6 Å². The van der Waals surface area contributed by atoms with Gasteiger partial charge in [-0.3, -0.25) is 4.79 Å². The maximum absolute atomic E-state index is 13.4. The lowest BCUT2D eigenvalue weighted by Crippen LogP contribution is -2.56. The van der Waals surface area contributed by atoms with Crippen molar-refractivity contribution in [3.63, 3.8) is 0 Å². The van der Waals surface area contributed by atoms with Gasteiger partial charge >= 0.3 is 12.1 Å². The SMILES string of the molecule is CC(C)OC(=O)C(NC(=O)C(Cc1c[nH]c2ccccc12)NC(=O)OC(C)(C)C)C1CC(Cl)=NO1. The van der Waals surface area contributed by atoms with Crippen LogP contribution in [-0.2, 0) is 30.3 Å². The van der Waals surface area contributed by atoms with Gasteiger partial charge in [0.05, 0.1) is 6.10 Å². The summed E-state index contributed by atoms with van der Waals surface area (Å²) in [7, 11) is 0. The average molecular weight is 507 g/mol. The predicted molar refractivity (Wildman–Crippen MR) is 131 cm³/mol. The number of aromatic nitrogens is 1. The van der Waals surface area contributed by atoms with Crippen LogP contribution in [0.2, 0.25) is 0 Å². The van der Waals surface area contributed by atoms with Crippen LogP contribution in [0.1, 0.15) is 46.6 Å². The van der Waals surface area contributed by atoms with Crippen LogP contribution < -0.4 is 10.6 Å². The number of nitrogens with one attached hydrogen (secondary N) is 3. The number of benzene rings is 1. The minimum absolute atomic E-state index is 0.131. The number of hydrogen-bond donors (Lipinski definition) is 3. The summed E-state index contributed by atoms with van der Waals surface area (Å²) < 4.78 is 10.7. The summed E-state index contributed by atoms with van der Waals surface area (Å²) in [6.45, 7) is 8.56. The second-order valence-electron chi connectivity index (χ2n) is 9.55. The number of rotatable bonds is 8. The van der Waals surface area contributed by atoms with Crippen molar-refractivity contribution < 1.29 is 28.7 Å². The number of nitrogens with zero attached hydrogens (tertiary/aromatic N) is 1. The van der Waals surface area contributed by atoms with Crippen LogP contribution in [0.5, 0.6) is 0 Å². The lowest BCUT2D eigenvalue weighted by atomic mass is 10.0. The maximum Gasteiger partial charge on any atom is 0.408 e. The number of fused-ring (bicyclic) bond motifs is 1. The molecule has 35 heavy (non-hydrogen) atoms. The Morgan fingerprint density at radius 3 is 2.57 bits per heavy atom. The van der Waals surface area contributed by atoms with Crippen molar-refractivity contribution in [3.8, 4) is 0 Å². The topological polar surface area (TPSA) is 131 Å². The second-order valence-corrected chi connectivity index (χ2v) is 9.99. The van der Waals surface area contributed by atoms with Gasteiger partial charge in [0.15, 0.2) is 12.1 Å². The maximum atomic E-state index is 13.4. The summed E-state index contributed by atoms with van der Waals surface area (Å²) >= 11 is 5.92. The van der Waals surface area contributed by atoms with Crippen LogP contribution in [0, 0.1) is 0 Å². The predicted octanol–water partition coefficient (Wildman–Crippen LogP) is 3.38. The molecular weight excluding hydrogens is 476 g/mol. The van der Waals surface area contributed by atoms with Gasteiger partial charge in [-0.05, 0) is 46.2 Å². The number of carbonyl (C=O) groups excluding carboxylic acids is 3. The van der Waals surface area contributed by atoms with Crippen LogP contribution in [0.4, 0.5) is 4.79 Å². The Bertz CT molecular complexity index is 1110. The van der Waals surface area contributed by atoms with E-state index in [0.29, 0.717) is 0 Å². The number of oxime groups is 1. The van der Waals surface area contributed by atoms with Gasteiger partial charge in [0, 0.05) is 29.9 Å². The van der Waals surface area contributed by atoms with E-state index >= 15 is 0 Å². The van der Waals surface area contributed by atoms with E-state index in [9.17, 15) is 14.4 Å². The first-order chi connectivity index (χ1) is 16.4. The molecule has 1 aromatic heterocycles. The highest BCUT2D eigenvalue weighted by atomic mass is 35.5. The highest BCUT2D eigenvalue weighted by molar-refractivity contribution is 6.65. The van der Waals surface area contributed by atoms with Crippen molar-refractivity contribution >= 4 is 45.6 Å². The number of para-hydroxylation sites is 1. The van der Waals surface area contributed by atoms with Crippen LogP contribution in [0.3, 0.4) is 0 Å². The van der Waals surface area contributed by atoms with E-state index in [1.54, 1.807) is 40.8 Å². The van der Waals surface area contributed by atoms with Crippen molar-refractivity contribution in [2.45, 2.75) is 77.4 Å². The molecule has 10 nitrogen and oxygen atoms in total. The highest BCUT2D eigenvalue weighted by Crippen LogP contribution is 2.21. The smallest absolute Gasteiger partial charge is 0.408 e. The van der Waals surface area contributed by atoms with Crippen molar-refractivity contribution in [1.29, 1.82) is 0 Å². The summed E-state index contributed by atoms with van der Waals surface area (Å²) in [4.78, 5) is 47.2. The molecule has 2 amide bonds. The molecule has 3 unspecified atom stereocenters. The fourth-order valence-corrected chi connectivity index (χ4v) is 3.78. The summed E-state index contributed by atoms with van der Waals surface area (Å²) in [6.07, 6.45) is 0.0348. The lowest BCUT2D eigenvalue weighted by Gasteiger charge is -2.26. The molecule has 0 spiro atoms. The normalized spacial score (nSPS) is 17.3. The zero-order chi connectivity index (χ0) is 25.8. The molecule has 1 aromatic carbocycles. The number of alkyl carbamates (subject to hydrolysis) is 1. The second kappa shape index (κ2) is 11.0. The Morgan fingerprint density at radius 1 is 1.23 bits per heavy atom. The molecule has 190 valence electrons. The first kappa shape index (κ1) is 26.3. The van der Waals surface area contributed by atoms with E-state index in [2.05, 4.69) is 20.8 Å². The van der Waals surface area contributed by atoms with Gasteiger partial charge in [-0.2, -0.15) is 0 Å². The van der Waals surface area contributed by atoms with E-state index in [-0.39, 0.29) is 18.0 Å². The van der Waals surface area contributed by atoms with Gasteiger partial charge in [-0.1, -0.05) is 35.0 Å². The molecule has 0 fully saturated rings. The molecule has 0 radical (unpaired) electrons. The third-order valence-electron chi connectivity index (χ3n) is 5.04. The lowest BCUT2D eigenvalue weighted by molar-refractivity contribution is -0.155. The monoisotopic (exact) mass is 506 g/mol. The van der Waals surface area contributed by atoms with Crippen LogP contribution in [0.15, 0.2) is 35.6 Å². The zero-order valence-corrected chi connectivity index (χ0v) is 21.1. The molecule has 1 aliphatic rings. The Kier molecular flexibility index (Phi) is 8.26. The molecule has 2 heterocycles. The summed E-state index contributed by atoms with van der Waals surface area (Å²) in [5.41, 5.74) is 0.937. The number of halogens is 1. The third-order valence-corrected chi connectivity index (χ3v) is 5.26. The fraction of sp³-hybridized carbons (Fsp3) is 0.500. The molecule has 0 bridgehead atoms. The highest BCUT2D eigenvalue weighted by Gasteiger charge is 2.39. The molecule has 0 saturated heterocycles. The molecule has 0 saturated carbocycles. The summed E-state index contributed by atoms with van der Waals surface area (Å²) in [5, 5.41) is 10.0. The molecule has 3 atom stereocenters. The Morgan fingerprint density at radius 2 is 1.94 bits per heavy atom. The minimum atomic E-state index is -1.18. The molecule has 2 aromatic rings. The van der Waals surface area contributed by atoms with Gasteiger partial charge in [0.1, 0.15) is 16.8 Å². The van der Waals surface area contributed by atoms with Crippen molar-refractivity contribution in [3.05, 3.63) is 36.0 Å². The number of ether oxygens (including phenoxy) is 2. The molecule has 3 rings (SSSR count). The number of H-pyrrole nitrogens is 1. The quantitative estimate of drug-likeness (QED) is 0.470. The van der Waals surface area contributed by atoms with E-state index in [0.717, 1.165) is 16.5 Å². The first-order valence-corrected chi connectivity index (χ1v) is 11.7. The van der Waals surface area contributed by atoms with Crippen LogP contribution in [0.25, 0.3) is 10.9 Å². The molecule has 3 N–H and O–H groups in total. The molecular formula is C24H31ClN4O6. The number of carbonyl (C=O) groups is 3. The minimum Gasteiger partial charge on any atom is -0.461 e. The van der Waals surface area contributed by atoms with E-state index in [4.69, 9.17) is 25.9 Å². The van der Waals surface area contributed by atoms with Crippen molar-refractivity contribution in [1.82, 2.24) is 15.6 Å². The third kappa shape index (κ3) is 7.35. The van der Waals surface area contributed by atoms with Gasteiger partial charge in [-0.15, -0.1) is 0 Å². The van der Waals surface area contributed by atoms with Gasteiger partial charge < -0.3 is 29.9 Å².